The van der Waals surface area contributed by atoms with Crippen LogP contribution in [-0.2, 0) is 16.6 Å². The van der Waals surface area contributed by atoms with Crippen molar-refractivity contribution in [2.45, 2.75) is 46.1 Å². The Morgan fingerprint density at radius 3 is 2.57 bits per heavy atom. The number of hydrogen-bond donors (Lipinski definition) is 3. The lowest BCUT2D eigenvalue weighted by atomic mass is 10.1. The minimum Gasteiger partial charge on any atom is -0.349 e. The molecule has 3 N–H and O–H groups in total. The SMILES string of the molecule is CCN(CC)CCNS(=O)(=O)c1ccc(Nc2nccc(-c3c(C)c4n(c3C)CCNC4=O)n2)cc1C. The van der Waals surface area contributed by atoms with E-state index in [1.165, 1.54) is 0 Å². The van der Waals surface area contributed by atoms with Crippen LogP contribution in [0.5, 0.6) is 0 Å². The zero-order valence-corrected chi connectivity index (χ0v) is 22.9. The van der Waals surface area contributed by atoms with Crippen molar-refractivity contribution in [3.63, 3.8) is 0 Å². The average Bonchev–Trinajstić information content (AvgIpc) is 3.12. The minimum atomic E-state index is -3.62. The number of fused-ring (bicyclic) bond motifs is 1. The number of likely N-dealkylation sites (N-methyl/N-ethyl adjacent to an activating group) is 1. The first kappa shape index (κ1) is 26.8. The number of hydrogen-bond acceptors (Lipinski definition) is 7. The van der Waals surface area contributed by atoms with Crippen molar-refractivity contribution >= 4 is 27.6 Å². The van der Waals surface area contributed by atoms with Crippen molar-refractivity contribution in [3.05, 3.63) is 53.0 Å². The van der Waals surface area contributed by atoms with Gasteiger partial charge in [0.25, 0.3) is 5.91 Å². The van der Waals surface area contributed by atoms with E-state index < -0.39 is 10.0 Å². The van der Waals surface area contributed by atoms with Gasteiger partial charge in [-0.1, -0.05) is 13.8 Å². The molecule has 11 heteroatoms. The number of aryl methyl sites for hydroxylation is 1. The third-order valence-corrected chi connectivity index (χ3v) is 8.47. The third kappa shape index (κ3) is 5.53. The molecule has 3 aromatic rings. The number of benzene rings is 1. The number of carbonyl (C=O) groups excluding carboxylic acids is 1. The Kier molecular flexibility index (Phi) is 7.96. The summed E-state index contributed by atoms with van der Waals surface area (Å²) in [5.74, 6) is 0.316. The Bertz CT molecular complexity index is 1410. The minimum absolute atomic E-state index is 0.0708. The number of anilines is 2. The Morgan fingerprint density at radius 2 is 1.89 bits per heavy atom. The smallest absolute Gasteiger partial charge is 0.268 e. The van der Waals surface area contributed by atoms with E-state index in [0.29, 0.717) is 42.5 Å². The summed E-state index contributed by atoms with van der Waals surface area (Å²) in [7, 11) is -3.62. The van der Waals surface area contributed by atoms with Gasteiger partial charge in [0, 0.05) is 49.3 Å². The maximum Gasteiger partial charge on any atom is 0.268 e. The molecule has 0 fully saturated rings. The first-order valence-corrected chi connectivity index (χ1v) is 14.1. The van der Waals surface area contributed by atoms with Crippen molar-refractivity contribution in [2.24, 2.45) is 0 Å². The molecular formula is C26H35N7O3S. The second-order valence-electron chi connectivity index (χ2n) is 9.14. The van der Waals surface area contributed by atoms with Crippen molar-refractivity contribution in [2.75, 3.05) is 38.0 Å². The predicted molar refractivity (Wildman–Crippen MR) is 145 cm³/mol. The molecule has 4 rings (SSSR count). The molecule has 0 spiro atoms. The van der Waals surface area contributed by atoms with Crippen LogP contribution in [0.15, 0.2) is 35.4 Å². The van der Waals surface area contributed by atoms with E-state index in [4.69, 9.17) is 4.98 Å². The second-order valence-corrected chi connectivity index (χ2v) is 10.9. The lowest BCUT2D eigenvalue weighted by Crippen LogP contribution is -2.35. The molecule has 1 aliphatic rings. The zero-order chi connectivity index (χ0) is 26.7. The molecule has 10 nitrogen and oxygen atoms in total. The van der Waals surface area contributed by atoms with Crippen LogP contribution in [0.1, 0.15) is 41.2 Å². The highest BCUT2D eigenvalue weighted by atomic mass is 32.2. The van der Waals surface area contributed by atoms with Crippen molar-refractivity contribution in [1.29, 1.82) is 0 Å². The molecule has 0 bridgehead atoms. The lowest BCUT2D eigenvalue weighted by Gasteiger charge is -2.18. The highest BCUT2D eigenvalue weighted by Crippen LogP contribution is 2.32. The molecule has 0 radical (unpaired) electrons. The van der Waals surface area contributed by atoms with E-state index in [1.54, 1.807) is 31.3 Å². The highest BCUT2D eigenvalue weighted by Gasteiger charge is 2.26. The number of sulfonamides is 1. The van der Waals surface area contributed by atoms with Crippen LogP contribution >= 0.6 is 0 Å². The Labute approximate surface area is 218 Å². The van der Waals surface area contributed by atoms with E-state index in [0.717, 1.165) is 42.1 Å². The molecule has 0 unspecified atom stereocenters. The summed E-state index contributed by atoms with van der Waals surface area (Å²) in [6.07, 6.45) is 1.67. The van der Waals surface area contributed by atoms with Crippen LogP contribution in [0, 0.1) is 20.8 Å². The molecule has 0 aliphatic carbocycles. The summed E-state index contributed by atoms with van der Waals surface area (Å²) >= 11 is 0. The Hall–Kier alpha value is -3.28. The molecule has 1 amide bonds. The third-order valence-electron chi connectivity index (χ3n) is 6.85. The number of rotatable bonds is 10. The van der Waals surface area contributed by atoms with Gasteiger partial charge in [0.15, 0.2) is 0 Å². The summed E-state index contributed by atoms with van der Waals surface area (Å²) in [6.45, 7) is 13.9. The summed E-state index contributed by atoms with van der Waals surface area (Å²) < 4.78 is 30.4. The Morgan fingerprint density at radius 1 is 1.14 bits per heavy atom. The van der Waals surface area contributed by atoms with Gasteiger partial charge in [-0.3, -0.25) is 4.79 Å². The van der Waals surface area contributed by atoms with E-state index in [9.17, 15) is 13.2 Å². The number of nitrogens with one attached hydrogen (secondary N) is 3. The standard InChI is InChI=1S/C26H35N7O3S/c1-6-32(7-2)14-13-29-37(35,36)22-9-8-20(16-17(22)3)30-26-28-11-10-21(31-26)23-18(4)24-25(34)27-12-15-33(24)19(23)5/h8-11,16,29H,6-7,12-15H2,1-5H3,(H,27,34)(H,28,30,31). The predicted octanol–water partition coefficient (Wildman–Crippen LogP) is 2.98. The van der Waals surface area contributed by atoms with Gasteiger partial charge >= 0.3 is 0 Å². The van der Waals surface area contributed by atoms with Crippen LogP contribution in [-0.4, -0.2) is 66.5 Å². The fourth-order valence-corrected chi connectivity index (χ4v) is 6.13. The highest BCUT2D eigenvalue weighted by molar-refractivity contribution is 7.89. The molecule has 0 atom stereocenters. The summed E-state index contributed by atoms with van der Waals surface area (Å²) in [4.78, 5) is 23.9. The summed E-state index contributed by atoms with van der Waals surface area (Å²) in [6, 6.07) is 6.90. The molecular weight excluding hydrogens is 490 g/mol. The van der Waals surface area contributed by atoms with Crippen LogP contribution in [0.3, 0.4) is 0 Å². The number of amides is 1. The molecule has 2 aromatic heterocycles. The summed E-state index contributed by atoms with van der Waals surface area (Å²) in [5, 5.41) is 6.09. The maximum atomic E-state index is 12.8. The largest absolute Gasteiger partial charge is 0.349 e. The van der Waals surface area contributed by atoms with Crippen molar-refractivity contribution in [3.8, 4) is 11.3 Å². The molecule has 1 aliphatic heterocycles. The number of nitrogens with zero attached hydrogens (tertiary/aromatic N) is 4. The second kappa shape index (κ2) is 11.0. The van der Waals surface area contributed by atoms with E-state index in [2.05, 4.69) is 39.1 Å². The van der Waals surface area contributed by atoms with E-state index in [-0.39, 0.29) is 10.8 Å². The van der Waals surface area contributed by atoms with Crippen LogP contribution < -0.4 is 15.4 Å². The average molecular weight is 526 g/mol. The van der Waals surface area contributed by atoms with E-state index >= 15 is 0 Å². The molecule has 198 valence electrons. The fraction of sp³-hybridized carbons (Fsp3) is 0.423. The van der Waals surface area contributed by atoms with Gasteiger partial charge in [-0.15, -0.1) is 0 Å². The lowest BCUT2D eigenvalue weighted by molar-refractivity contribution is 0.0926. The Balaban J connectivity index is 1.53. The van der Waals surface area contributed by atoms with Gasteiger partial charge in [-0.05, 0) is 69.3 Å². The monoisotopic (exact) mass is 525 g/mol. The topological polar surface area (TPSA) is 121 Å². The first-order chi connectivity index (χ1) is 17.7. The van der Waals surface area contributed by atoms with Crippen molar-refractivity contribution in [1.82, 2.24) is 29.5 Å². The fourth-order valence-electron chi connectivity index (χ4n) is 4.88. The van der Waals surface area contributed by atoms with Crippen LogP contribution in [0.25, 0.3) is 11.3 Å². The first-order valence-electron chi connectivity index (χ1n) is 12.6. The summed E-state index contributed by atoms with van der Waals surface area (Å²) in [5.41, 5.74) is 5.49. The van der Waals surface area contributed by atoms with Crippen molar-refractivity contribution < 1.29 is 13.2 Å². The number of carbonyl (C=O) groups is 1. The van der Waals surface area contributed by atoms with E-state index in [1.807, 2.05) is 24.5 Å². The van der Waals surface area contributed by atoms with Crippen LogP contribution in [0.2, 0.25) is 0 Å². The normalized spacial score (nSPS) is 13.5. The van der Waals surface area contributed by atoms with Gasteiger partial charge in [0.1, 0.15) is 5.69 Å². The molecule has 1 aromatic carbocycles. The van der Waals surface area contributed by atoms with Crippen LogP contribution in [0.4, 0.5) is 11.6 Å². The van der Waals surface area contributed by atoms with Gasteiger partial charge in [-0.2, -0.15) is 0 Å². The molecule has 37 heavy (non-hydrogen) atoms. The van der Waals surface area contributed by atoms with Gasteiger partial charge in [0.2, 0.25) is 16.0 Å². The zero-order valence-electron chi connectivity index (χ0n) is 22.1. The maximum absolute atomic E-state index is 12.8. The quantitative estimate of drug-likeness (QED) is 0.372. The van der Waals surface area contributed by atoms with Gasteiger partial charge < -0.3 is 20.1 Å². The molecule has 3 heterocycles. The number of aromatic nitrogens is 3. The molecule has 0 saturated carbocycles. The van der Waals surface area contributed by atoms with Gasteiger partial charge in [-0.25, -0.2) is 23.1 Å². The van der Waals surface area contributed by atoms with Gasteiger partial charge in [0.05, 0.1) is 10.6 Å². The molecule has 0 saturated heterocycles.